The Morgan fingerprint density at radius 2 is 2.00 bits per heavy atom. The fraction of sp³-hybridized carbons (Fsp3) is 0.238. The molecule has 0 bridgehead atoms. The lowest BCUT2D eigenvalue weighted by Gasteiger charge is -2.09. The molecule has 10 nitrogen and oxygen atoms in total. The van der Waals surface area contributed by atoms with E-state index in [4.69, 9.17) is 13.9 Å². The Kier molecular flexibility index (Phi) is 6.26. The van der Waals surface area contributed by atoms with Gasteiger partial charge >= 0.3 is 0 Å². The summed E-state index contributed by atoms with van der Waals surface area (Å²) in [5, 5.41) is 11.2. The number of nitrogens with one attached hydrogen (secondary N) is 2. The minimum absolute atomic E-state index is 0.0742. The van der Waals surface area contributed by atoms with Gasteiger partial charge < -0.3 is 24.5 Å². The molecule has 0 atom stereocenters. The van der Waals surface area contributed by atoms with Crippen LogP contribution in [0, 0.1) is 0 Å². The number of hydrogen-bond acceptors (Lipinski definition) is 8. The number of carbonyl (C=O) groups is 1. The van der Waals surface area contributed by atoms with Crippen LogP contribution in [-0.4, -0.2) is 45.9 Å². The molecule has 0 aliphatic heterocycles. The maximum atomic E-state index is 12.0. The highest BCUT2D eigenvalue weighted by molar-refractivity contribution is 5.86. The first-order valence-corrected chi connectivity index (χ1v) is 9.69. The van der Waals surface area contributed by atoms with Crippen molar-refractivity contribution in [1.82, 2.24) is 25.1 Å². The highest BCUT2D eigenvalue weighted by Crippen LogP contribution is 2.19. The predicted octanol–water partition coefficient (Wildman–Crippen LogP) is 2.24. The van der Waals surface area contributed by atoms with E-state index < -0.39 is 0 Å². The molecular formula is C21H22N6O4. The van der Waals surface area contributed by atoms with Gasteiger partial charge in [0.25, 0.3) is 5.91 Å². The van der Waals surface area contributed by atoms with Gasteiger partial charge in [0.2, 0.25) is 0 Å². The zero-order chi connectivity index (χ0) is 21.5. The van der Waals surface area contributed by atoms with Crippen molar-refractivity contribution in [2.75, 3.05) is 25.6 Å². The van der Waals surface area contributed by atoms with E-state index in [-0.39, 0.29) is 12.5 Å². The number of fused-ring (bicyclic) bond motifs is 1. The third kappa shape index (κ3) is 5.10. The Balaban J connectivity index is 1.27. The Bertz CT molecular complexity index is 1120. The number of ether oxygens (including phenoxy) is 2. The number of hydrogen-bond donors (Lipinski definition) is 2. The number of carbonyl (C=O) groups excluding carboxylic acids is 1. The number of amides is 1. The molecule has 0 unspecified atom stereocenters. The van der Waals surface area contributed by atoms with Crippen LogP contribution in [0.15, 0.2) is 59.6 Å². The summed E-state index contributed by atoms with van der Waals surface area (Å²) in [7, 11) is 1.59. The SMILES string of the molecule is COc1ccc(OCC(=O)NCCn2ncc3c(NCc4ccco4)ncnc32)cc1. The zero-order valence-electron chi connectivity index (χ0n) is 16.9. The molecule has 0 radical (unpaired) electrons. The van der Waals surface area contributed by atoms with Crippen molar-refractivity contribution in [2.45, 2.75) is 13.1 Å². The molecule has 10 heteroatoms. The van der Waals surface area contributed by atoms with Crippen LogP contribution in [0.5, 0.6) is 11.5 Å². The molecule has 4 rings (SSSR count). The molecule has 0 aliphatic carbocycles. The third-order valence-electron chi connectivity index (χ3n) is 4.52. The van der Waals surface area contributed by atoms with Crippen LogP contribution < -0.4 is 20.1 Å². The van der Waals surface area contributed by atoms with E-state index >= 15 is 0 Å². The fourth-order valence-electron chi connectivity index (χ4n) is 2.95. The number of anilines is 1. The Hall–Kier alpha value is -4.08. The van der Waals surface area contributed by atoms with Crippen LogP contribution in [0.3, 0.4) is 0 Å². The molecule has 3 aromatic heterocycles. The molecule has 3 heterocycles. The molecule has 0 aliphatic rings. The molecule has 0 spiro atoms. The summed E-state index contributed by atoms with van der Waals surface area (Å²) in [6.07, 6.45) is 4.81. The van der Waals surface area contributed by atoms with E-state index in [9.17, 15) is 4.79 Å². The monoisotopic (exact) mass is 422 g/mol. The lowest BCUT2D eigenvalue weighted by atomic mass is 10.3. The van der Waals surface area contributed by atoms with Gasteiger partial charge in [-0.15, -0.1) is 0 Å². The van der Waals surface area contributed by atoms with E-state index in [1.165, 1.54) is 6.33 Å². The fourth-order valence-corrected chi connectivity index (χ4v) is 2.95. The summed E-state index contributed by atoms with van der Waals surface area (Å²) in [4.78, 5) is 20.6. The van der Waals surface area contributed by atoms with Gasteiger partial charge in [-0.25, -0.2) is 14.6 Å². The minimum Gasteiger partial charge on any atom is -0.497 e. The van der Waals surface area contributed by atoms with Crippen molar-refractivity contribution in [1.29, 1.82) is 0 Å². The molecule has 0 saturated heterocycles. The van der Waals surface area contributed by atoms with Crippen LogP contribution in [0.1, 0.15) is 5.76 Å². The standard InChI is InChI=1S/C21H22N6O4/c1-29-15-4-6-16(7-5-15)31-13-19(28)22-8-9-27-21-18(12-26-27)20(24-14-25-21)23-11-17-3-2-10-30-17/h2-7,10,12,14H,8-9,11,13H2,1H3,(H,22,28)(H,23,24,25). The lowest BCUT2D eigenvalue weighted by Crippen LogP contribution is -2.31. The van der Waals surface area contributed by atoms with Gasteiger partial charge in [0.15, 0.2) is 12.3 Å². The predicted molar refractivity (Wildman–Crippen MR) is 113 cm³/mol. The first-order chi connectivity index (χ1) is 15.2. The van der Waals surface area contributed by atoms with Crippen molar-refractivity contribution >= 4 is 22.8 Å². The van der Waals surface area contributed by atoms with Gasteiger partial charge in [0.1, 0.15) is 29.4 Å². The average molecular weight is 422 g/mol. The number of methoxy groups -OCH3 is 1. The summed E-state index contributed by atoms with van der Waals surface area (Å²) >= 11 is 0. The highest BCUT2D eigenvalue weighted by atomic mass is 16.5. The van der Waals surface area contributed by atoms with E-state index in [0.717, 1.165) is 16.9 Å². The summed E-state index contributed by atoms with van der Waals surface area (Å²) in [6, 6.07) is 10.8. The molecule has 2 N–H and O–H groups in total. The average Bonchev–Trinajstić information content (AvgIpc) is 3.47. The molecule has 0 saturated carbocycles. The van der Waals surface area contributed by atoms with E-state index in [1.54, 1.807) is 48.5 Å². The lowest BCUT2D eigenvalue weighted by molar-refractivity contribution is -0.123. The number of rotatable bonds is 10. The van der Waals surface area contributed by atoms with Gasteiger partial charge in [-0.2, -0.15) is 5.10 Å². The van der Waals surface area contributed by atoms with E-state index in [0.29, 0.717) is 36.8 Å². The molecular weight excluding hydrogens is 400 g/mol. The van der Waals surface area contributed by atoms with Crippen molar-refractivity contribution in [3.63, 3.8) is 0 Å². The molecule has 0 fully saturated rings. The van der Waals surface area contributed by atoms with Gasteiger partial charge in [-0.3, -0.25) is 4.79 Å². The molecule has 1 aromatic carbocycles. The first kappa shape index (κ1) is 20.2. The summed E-state index contributed by atoms with van der Waals surface area (Å²) in [5.41, 5.74) is 0.681. The van der Waals surface area contributed by atoms with Crippen molar-refractivity contribution in [2.24, 2.45) is 0 Å². The Labute approximate surface area is 178 Å². The molecule has 1 amide bonds. The second kappa shape index (κ2) is 9.61. The van der Waals surface area contributed by atoms with Crippen LogP contribution in [0.25, 0.3) is 11.0 Å². The van der Waals surface area contributed by atoms with Gasteiger partial charge in [0.05, 0.1) is 38.0 Å². The van der Waals surface area contributed by atoms with Crippen molar-refractivity contribution < 1.29 is 18.7 Å². The number of nitrogens with zero attached hydrogens (tertiary/aromatic N) is 4. The third-order valence-corrected chi connectivity index (χ3v) is 4.52. The zero-order valence-corrected chi connectivity index (χ0v) is 16.9. The Morgan fingerprint density at radius 3 is 2.77 bits per heavy atom. The van der Waals surface area contributed by atoms with Gasteiger partial charge in [-0.1, -0.05) is 0 Å². The van der Waals surface area contributed by atoms with Crippen LogP contribution in [0.4, 0.5) is 5.82 Å². The van der Waals surface area contributed by atoms with Gasteiger partial charge in [0, 0.05) is 6.54 Å². The van der Waals surface area contributed by atoms with Gasteiger partial charge in [-0.05, 0) is 36.4 Å². The molecule has 4 aromatic rings. The minimum atomic E-state index is -0.220. The van der Waals surface area contributed by atoms with Crippen molar-refractivity contribution in [3.05, 3.63) is 60.9 Å². The summed E-state index contributed by atoms with van der Waals surface area (Å²) in [6.45, 7) is 1.29. The van der Waals surface area contributed by atoms with Crippen LogP contribution in [-0.2, 0) is 17.9 Å². The van der Waals surface area contributed by atoms with E-state index in [2.05, 4.69) is 25.7 Å². The maximum Gasteiger partial charge on any atom is 0.258 e. The van der Waals surface area contributed by atoms with Crippen LogP contribution >= 0.6 is 0 Å². The quantitative estimate of drug-likeness (QED) is 0.400. The molecule has 160 valence electrons. The smallest absolute Gasteiger partial charge is 0.258 e. The number of furan rings is 1. The summed E-state index contributed by atoms with van der Waals surface area (Å²) in [5.74, 6) is 2.58. The highest BCUT2D eigenvalue weighted by Gasteiger charge is 2.10. The molecule has 31 heavy (non-hydrogen) atoms. The first-order valence-electron chi connectivity index (χ1n) is 9.69. The largest absolute Gasteiger partial charge is 0.497 e. The Morgan fingerprint density at radius 1 is 1.16 bits per heavy atom. The van der Waals surface area contributed by atoms with Crippen LogP contribution in [0.2, 0.25) is 0 Å². The second-order valence-corrected chi connectivity index (χ2v) is 6.57. The second-order valence-electron chi connectivity index (χ2n) is 6.57. The number of aromatic nitrogens is 4. The topological polar surface area (TPSA) is 116 Å². The van der Waals surface area contributed by atoms with E-state index in [1.807, 2.05) is 12.1 Å². The summed E-state index contributed by atoms with van der Waals surface area (Å²) < 4.78 is 17.6. The van der Waals surface area contributed by atoms with Crippen molar-refractivity contribution in [3.8, 4) is 11.5 Å². The normalized spacial score (nSPS) is 10.7. The maximum absolute atomic E-state index is 12.0. The number of benzene rings is 1.